The maximum Gasteiger partial charge on any atom is 0.305 e. The van der Waals surface area contributed by atoms with Crippen molar-refractivity contribution in [1.29, 1.82) is 0 Å². The largest absolute Gasteiger partial charge is 0.466 e. The summed E-state index contributed by atoms with van der Waals surface area (Å²) >= 11 is 0. The van der Waals surface area contributed by atoms with Crippen molar-refractivity contribution in [2.24, 2.45) is 0 Å². The van der Waals surface area contributed by atoms with Crippen molar-refractivity contribution >= 4 is 27.4 Å². The summed E-state index contributed by atoms with van der Waals surface area (Å²) < 4.78 is 6.82. The smallest absolute Gasteiger partial charge is 0.305 e. The number of hydrogen-bond donors (Lipinski definition) is 0. The van der Waals surface area contributed by atoms with Crippen LogP contribution in [0.3, 0.4) is 0 Å². The van der Waals surface area contributed by atoms with Crippen LogP contribution in [0.4, 0.5) is 0 Å². The number of esters is 1. The van der Waals surface area contributed by atoms with Crippen LogP contribution in [-0.4, -0.2) is 43.7 Å². The van der Waals surface area contributed by atoms with Crippen molar-refractivity contribution in [3.05, 3.63) is 5.69 Å². The maximum absolute atomic E-state index is 11.5. The molecule has 5 nitrogen and oxygen atoms in total. The lowest BCUT2D eigenvalue weighted by Gasteiger charge is -2.13. The summed E-state index contributed by atoms with van der Waals surface area (Å²) in [6, 6.07) is 0. The van der Waals surface area contributed by atoms with Gasteiger partial charge in [0.05, 0.1) is 11.9 Å². The van der Waals surface area contributed by atoms with Crippen LogP contribution in [0.2, 0.25) is 39.3 Å². The van der Waals surface area contributed by atoms with Crippen LogP contribution in [0.15, 0.2) is 0 Å². The summed E-state index contributed by atoms with van der Waals surface area (Å²) in [6.07, 6.45) is 1.09. The first-order valence-electron chi connectivity index (χ1n) is 8.17. The third-order valence-electron chi connectivity index (χ3n) is 3.06. The van der Waals surface area contributed by atoms with E-state index < -0.39 is 16.1 Å². The van der Waals surface area contributed by atoms with Gasteiger partial charge in [-0.1, -0.05) is 50.4 Å². The molecule has 0 N–H and O–H groups in total. The summed E-state index contributed by atoms with van der Waals surface area (Å²) in [7, 11) is -3.07. The molecule has 0 saturated carbocycles. The highest BCUT2D eigenvalue weighted by atomic mass is 28.3. The van der Waals surface area contributed by atoms with Crippen LogP contribution in [-0.2, 0) is 16.1 Å². The van der Waals surface area contributed by atoms with E-state index in [9.17, 15) is 4.79 Å². The van der Waals surface area contributed by atoms with Crippen LogP contribution in [0.1, 0.15) is 25.5 Å². The van der Waals surface area contributed by atoms with Gasteiger partial charge in [-0.2, -0.15) is 0 Å². The Bertz CT molecular complexity index is 602. The number of carbonyl (C=O) groups excluding carboxylic acids is 1. The fourth-order valence-electron chi connectivity index (χ4n) is 1.95. The Labute approximate surface area is 141 Å². The van der Waals surface area contributed by atoms with Gasteiger partial charge in [-0.05, 0) is 13.3 Å². The summed E-state index contributed by atoms with van der Waals surface area (Å²) in [6.45, 7) is 16.3. The van der Waals surface area contributed by atoms with Crippen molar-refractivity contribution in [2.75, 3.05) is 6.61 Å². The zero-order valence-electron chi connectivity index (χ0n) is 15.5. The second-order valence-corrected chi connectivity index (χ2v) is 17.4. The topological polar surface area (TPSA) is 57.0 Å². The molecule has 0 radical (unpaired) electrons. The van der Waals surface area contributed by atoms with Gasteiger partial charge in [0, 0.05) is 13.0 Å². The summed E-state index contributed by atoms with van der Waals surface area (Å²) in [5.74, 6) is 3.18. The molecule has 0 bridgehead atoms. The van der Waals surface area contributed by atoms with Gasteiger partial charge in [0.2, 0.25) is 0 Å². The monoisotopic (exact) mass is 351 g/mol. The van der Waals surface area contributed by atoms with Gasteiger partial charge in [0.25, 0.3) is 0 Å². The van der Waals surface area contributed by atoms with E-state index in [1.54, 1.807) is 0 Å². The molecule has 0 aliphatic rings. The highest BCUT2D eigenvalue weighted by molar-refractivity contribution is 6.88. The summed E-state index contributed by atoms with van der Waals surface area (Å²) in [4.78, 5) is 11.5. The second-order valence-electron chi connectivity index (χ2n) is 7.67. The first kappa shape index (κ1) is 19.7. The molecule has 0 aromatic carbocycles. The standard InChI is InChI=1S/C16H29N3O2Si2/c1-8-21-15(20)10-9-12-19-14(11-13-22(2,3)4)16(17-18-19)23(5,6)7/h8-10,12H2,1-7H3. The Hall–Kier alpha value is -1.40. The van der Waals surface area contributed by atoms with E-state index in [0.717, 1.165) is 11.0 Å². The molecule has 1 aromatic rings. The molecule has 0 unspecified atom stereocenters. The normalized spacial score (nSPS) is 11.8. The zero-order valence-corrected chi connectivity index (χ0v) is 17.5. The van der Waals surface area contributed by atoms with E-state index in [1.807, 2.05) is 11.6 Å². The zero-order chi connectivity index (χ0) is 17.7. The third-order valence-corrected chi connectivity index (χ3v) is 5.69. The van der Waals surface area contributed by atoms with E-state index in [2.05, 4.69) is 61.1 Å². The van der Waals surface area contributed by atoms with Crippen LogP contribution < -0.4 is 5.32 Å². The number of hydrogen-bond acceptors (Lipinski definition) is 4. The molecule has 128 valence electrons. The van der Waals surface area contributed by atoms with Crippen molar-refractivity contribution in [1.82, 2.24) is 15.0 Å². The van der Waals surface area contributed by atoms with Crippen molar-refractivity contribution in [3.8, 4) is 11.5 Å². The molecule has 0 amide bonds. The predicted molar refractivity (Wildman–Crippen MR) is 99.1 cm³/mol. The number of rotatable bonds is 6. The first-order valence-corrected chi connectivity index (χ1v) is 15.2. The van der Waals surface area contributed by atoms with Crippen LogP contribution in [0, 0.1) is 11.5 Å². The summed E-state index contributed by atoms with van der Waals surface area (Å²) in [5.41, 5.74) is 4.36. The van der Waals surface area contributed by atoms with E-state index in [4.69, 9.17) is 4.74 Å². The fourth-order valence-corrected chi connectivity index (χ4v) is 3.69. The van der Waals surface area contributed by atoms with E-state index in [-0.39, 0.29) is 5.97 Å². The third kappa shape index (κ3) is 6.71. The van der Waals surface area contributed by atoms with Gasteiger partial charge in [-0.25, -0.2) is 4.68 Å². The van der Waals surface area contributed by atoms with Gasteiger partial charge >= 0.3 is 5.97 Å². The lowest BCUT2D eigenvalue weighted by Crippen LogP contribution is -2.41. The number of aromatic nitrogens is 3. The van der Waals surface area contributed by atoms with Crippen LogP contribution in [0.5, 0.6) is 0 Å². The molecule has 1 rings (SSSR count). The molecule has 7 heteroatoms. The molecule has 0 fully saturated rings. The minimum absolute atomic E-state index is 0.159. The quantitative estimate of drug-likeness (QED) is 0.449. The minimum Gasteiger partial charge on any atom is -0.466 e. The van der Waals surface area contributed by atoms with Crippen LogP contribution in [0.25, 0.3) is 0 Å². The Balaban J connectivity index is 2.97. The number of ether oxygens (including phenoxy) is 1. The molecule has 1 heterocycles. The average Bonchev–Trinajstić information content (AvgIpc) is 2.79. The molecule has 0 aliphatic carbocycles. The number of nitrogens with zero attached hydrogens (tertiary/aromatic N) is 3. The molecular weight excluding hydrogens is 322 g/mol. The van der Waals surface area contributed by atoms with Gasteiger partial charge in [-0.3, -0.25) is 4.79 Å². The SMILES string of the molecule is CCOC(=O)CCCn1nnc([Si](C)(C)C)c1C#C[Si](C)(C)C. The minimum atomic E-state index is -1.60. The molecule has 0 aliphatic heterocycles. The first-order chi connectivity index (χ1) is 10.5. The van der Waals surface area contributed by atoms with E-state index in [1.165, 1.54) is 0 Å². The Morgan fingerprint density at radius 2 is 1.87 bits per heavy atom. The van der Waals surface area contributed by atoms with Crippen molar-refractivity contribution in [2.45, 2.75) is 65.6 Å². The second kappa shape index (κ2) is 7.93. The van der Waals surface area contributed by atoms with Gasteiger partial charge < -0.3 is 4.74 Å². The lowest BCUT2D eigenvalue weighted by atomic mass is 10.3. The van der Waals surface area contributed by atoms with Gasteiger partial charge in [0.15, 0.2) is 0 Å². The predicted octanol–water partition coefficient (Wildman–Crippen LogP) is 2.40. The Morgan fingerprint density at radius 3 is 2.39 bits per heavy atom. The molecule has 23 heavy (non-hydrogen) atoms. The van der Waals surface area contributed by atoms with Crippen LogP contribution >= 0.6 is 0 Å². The molecule has 1 aromatic heterocycles. The lowest BCUT2D eigenvalue weighted by molar-refractivity contribution is -0.143. The highest BCUT2D eigenvalue weighted by Gasteiger charge is 2.26. The fraction of sp³-hybridized carbons (Fsp3) is 0.688. The van der Waals surface area contributed by atoms with Gasteiger partial charge in [0.1, 0.15) is 21.8 Å². The molecule has 0 saturated heterocycles. The van der Waals surface area contributed by atoms with Gasteiger partial charge in [-0.15, -0.1) is 10.6 Å². The Morgan fingerprint density at radius 1 is 1.22 bits per heavy atom. The van der Waals surface area contributed by atoms with E-state index in [0.29, 0.717) is 26.0 Å². The summed E-state index contributed by atoms with van der Waals surface area (Å²) in [5, 5.41) is 9.74. The number of aryl methyl sites for hydroxylation is 1. The molecule has 0 atom stereocenters. The maximum atomic E-state index is 11.5. The van der Waals surface area contributed by atoms with Crippen molar-refractivity contribution in [3.63, 3.8) is 0 Å². The van der Waals surface area contributed by atoms with Crippen molar-refractivity contribution < 1.29 is 9.53 Å². The van der Waals surface area contributed by atoms with E-state index >= 15 is 0 Å². The molecular formula is C16H29N3O2Si2. The molecule has 0 spiro atoms. The number of carbonyl (C=O) groups is 1. The average molecular weight is 352 g/mol. The Kier molecular flexibility index (Phi) is 6.77. The highest BCUT2D eigenvalue weighted by Crippen LogP contribution is 2.07.